The number of halogens is 1. The highest BCUT2D eigenvalue weighted by Gasteiger charge is 2.20. The van der Waals surface area contributed by atoms with E-state index in [0.29, 0.717) is 29.5 Å². The third-order valence-electron chi connectivity index (χ3n) is 4.47. The van der Waals surface area contributed by atoms with Crippen LogP contribution in [0.15, 0.2) is 36.4 Å². The first-order valence-corrected chi connectivity index (χ1v) is 8.89. The maximum Gasteiger partial charge on any atom is 0.258 e. The molecule has 0 bridgehead atoms. The Balaban J connectivity index is 1.47. The molecule has 1 saturated carbocycles. The van der Waals surface area contributed by atoms with Gasteiger partial charge in [0.2, 0.25) is 0 Å². The third kappa shape index (κ3) is 4.04. The molecule has 1 aliphatic heterocycles. The van der Waals surface area contributed by atoms with Crippen LogP contribution in [0.5, 0.6) is 5.75 Å². The maximum atomic E-state index is 14.3. The number of aliphatic hydroxyl groups is 1. The van der Waals surface area contributed by atoms with Crippen LogP contribution in [0.2, 0.25) is 0 Å². The van der Waals surface area contributed by atoms with Crippen LogP contribution in [-0.4, -0.2) is 30.3 Å². The van der Waals surface area contributed by atoms with Gasteiger partial charge in [-0.25, -0.2) is 4.39 Å². The fourth-order valence-corrected chi connectivity index (χ4v) is 2.78. The molecule has 1 aliphatic carbocycles. The normalized spacial score (nSPS) is 17.6. The number of aliphatic hydroxyl groups excluding tert-OH is 1. The van der Waals surface area contributed by atoms with Gasteiger partial charge in [-0.15, -0.1) is 0 Å². The van der Waals surface area contributed by atoms with E-state index in [4.69, 9.17) is 4.74 Å². The monoisotopic (exact) mass is 366 g/mol. The zero-order chi connectivity index (χ0) is 18.8. The lowest BCUT2D eigenvalue weighted by molar-refractivity contribution is 0.102. The third-order valence-corrected chi connectivity index (χ3v) is 4.47. The Morgan fingerprint density at radius 3 is 2.89 bits per heavy atom. The van der Waals surface area contributed by atoms with Gasteiger partial charge < -0.3 is 20.5 Å². The minimum Gasteiger partial charge on any atom is -0.489 e. The number of fused-ring (bicyclic) bond motifs is 1. The largest absolute Gasteiger partial charge is 0.489 e. The van der Waals surface area contributed by atoms with Crippen LogP contribution in [0.25, 0.3) is 0 Å². The van der Waals surface area contributed by atoms with E-state index in [2.05, 4.69) is 22.5 Å². The lowest BCUT2D eigenvalue weighted by Gasteiger charge is -2.26. The highest BCUT2D eigenvalue weighted by atomic mass is 19.1. The SMILES string of the molecule is O=C(Nc1ccc2c(c1)OCC(CO)N2)c1ccc(C#CC2CC2)cc1F. The van der Waals surface area contributed by atoms with Gasteiger partial charge in [0.1, 0.15) is 18.2 Å². The number of nitrogens with one attached hydrogen (secondary N) is 2. The molecule has 2 aliphatic rings. The molecule has 138 valence electrons. The molecule has 0 radical (unpaired) electrons. The Bertz CT molecular complexity index is 944. The first kappa shape index (κ1) is 17.4. The number of rotatable bonds is 3. The van der Waals surface area contributed by atoms with Gasteiger partial charge in [0.15, 0.2) is 0 Å². The summed E-state index contributed by atoms with van der Waals surface area (Å²) in [5.41, 5.74) is 1.77. The molecule has 1 unspecified atom stereocenters. The van der Waals surface area contributed by atoms with E-state index < -0.39 is 11.7 Å². The van der Waals surface area contributed by atoms with Crippen LogP contribution >= 0.6 is 0 Å². The summed E-state index contributed by atoms with van der Waals surface area (Å²) in [6, 6.07) is 9.35. The Labute approximate surface area is 156 Å². The van der Waals surface area contributed by atoms with Crippen molar-refractivity contribution in [3.05, 3.63) is 53.3 Å². The number of amides is 1. The Hall–Kier alpha value is -3.04. The summed E-state index contributed by atoms with van der Waals surface area (Å²) in [7, 11) is 0. The van der Waals surface area contributed by atoms with Crippen molar-refractivity contribution in [3.63, 3.8) is 0 Å². The molecular formula is C21H19FN2O3. The number of anilines is 2. The Kier molecular flexibility index (Phi) is 4.69. The lowest BCUT2D eigenvalue weighted by Crippen LogP contribution is -2.34. The molecule has 1 heterocycles. The van der Waals surface area contributed by atoms with Crippen LogP contribution in [0.3, 0.4) is 0 Å². The highest BCUT2D eigenvalue weighted by molar-refractivity contribution is 6.04. The van der Waals surface area contributed by atoms with Crippen molar-refractivity contribution >= 4 is 17.3 Å². The summed E-state index contributed by atoms with van der Waals surface area (Å²) in [5, 5.41) is 15.0. The van der Waals surface area contributed by atoms with E-state index >= 15 is 0 Å². The van der Waals surface area contributed by atoms with Gasteiger partial charge in [-0.2, -0.15) is 0 Å². The minimum absolute atomic E-state index is 0.0295. The van der Waals surface area contributed by atoms with Crippen molar-refractivity contribution in [2.45, 2.75) is 18.9 Å². The summed E-state index contributed by atoms with van der Waals surface area (Å²) in [6.07, 6.45) is 2.22. The molecule has 5 nitrogen and oxygen atoms in total. The standard InChI is InChI=1S/C21H19FN2O3/c22-18-9-14(4-3-13-1-2-13)5-7-17(18)21(26)24-15-6-8-19-20(10-15)27-12-16(11-25)23-19/h5-10,13,16,23,25H,1-2,11-12H2,(H,24,26). The van der Waals surface area contributed by atoms with Gasteiger partial charge >= 0.3 is 0 Å². The zero-order valence-corrected chi connectivity index (χ0v) is 14.6. The molecule has 0 saturated heterocycles. The van der Waals surface area contributed by atoms with E-state index in [0.717, 1.165) is 18.5 Å². The topological polar surface area (TPSA) is 70.6 Å². The average molecular weight is 366 g/mol. The van der Waals surface area contributed by atoms with E-state index in [1.165, 1.54) is 12.1 Å². The number of carbonyl (C=O) groups excluding carboxylic acids is 1. The predicted octanol–water partition coefficient (Wildman–Crippen LogP) is 3.00. The fourth-order valence-electron chi connectivity index (χ4n) is 2.78. The Morgan fingerprint density at radius 2 is 2.15 bits per heavy atom. The fraction of sp³-hybridized carbons (Fsp3) is 0.286. The number of ether oxygens (including phenoxy) is 1. The smallest absolute Gasteiger partial charge is 0.258 e. The highest BCUT2D eigenvalue weighted by Crippen LogP contribution is 2.32. The van der Waals surface area contributed by atoms with Crippen LogP contribution in [0.4, 0.5) is 15.8 Å². The summed E-state index contributed by atoms with van der Waals surface area (Å²) in [4.78, 5) is 12.4. The summed E-state index contributed by atoms with van der Waals surface area (Å²) in [6.45, 7) is 0.303. The van der Waals surface area contributed by atoms with Gasteiger partial charge in [0, 0.05) is 23.2 Å². The number of carbonyl (C=O) groups is 1. The molecule has 1 fully saturated rings. The van der Waals surface area contributed by atoms with Gasteiger partial charge in [-0.1, -0.05) is 11.8 Å². The molecular weight excluding hydrogens is 347 g/mol. The first-order chi connectivity index (χ1) is 13.1. The maximum absolute atomic E-state index is 14.3. The zero-order valence-electron chi connectivity index (χ0n) is 14.6. The van der Waals surface area contributed by atoms with Crippen molar-refractivity contribution in [3.8, 4) is 17.6 Å². The first-order valence-electron chi connectivity index (χ1n) is 8.89. The summed E-state index contributed by atoms with van der Waals surface area (Å²) in [5.74, 6) is 5.89. The predicted molar refractivity (Wildman–Crippen MR) is 100 cm³/mol. The van der Waals surface area contributed by atoms with Crippen molar-refractivity contribution in [2.24, 2.45) is 5.92 Å². The number of hydrogen-bond acceptors (Lipinski definition) is 4. The molecule has 4 rings (SSSR count). The lowest BCUT2D eigenvalue weighted by atomic mass is 10.1. The minimum atomic E-state index is -0.600. The van der Waals surface area contributed by atoms with Crippen LogP contribution in [-0.2, 0) is 0 Å². The Morgan fingerprint density at radius 1 is 1.30 bits per heavy atom. The average Bonchev–Trinajstić information content (AvgIpc) is 3.50. The van der Waals surface area contributed by atoms with E-state index in [9.17, 15) is 14.3 Å². The van der Waals surface area contributed by atoms with Crippen LogP contribution in [0.1, 0.15) is 28.8 Å². The molecule has 27 heavy (non-hydrogen) atoms. The van der Waals surface area contributed by atoms with Crippen molar-refractivity contribution < 1.29 is 19.0 Å². The molecule has 1 atom stereocenters. The molecule has 2 aromatic rings. The second kappa shape index (κ2) is 7.29. The molecule has 6 heteroatoms. The van der Waals surface area contributed by atoms with Crippen molar-refractivity contribution in [1.29, 1.82) is 0 Å². The number of hydrogen-bond donors (Lipinski definition) is 3. The van der Waals surface area contributed by atoms with Crippen LogP contribution < -0.4 is 15.4 Å². The summed E-state index contributed by atoms with van der Waals surface area (Å²) >= 11 is 0. The molecule has 0 aromatic heterocycles. The van der Waals surface area contributed by atoms with Gasteiger partial charge in [-0.05, 0) is 43.2 Å². The number of benzene rings is 2. The van der Waals surface area contributed by atoms with Gasteiger partial charge in [0.25, 0.3) is 5.91 Å². The van der Waals surface area contributed by atoms with E-state index in [-0.39, 0.29) is 18.2 Å². The molecule has 0 spiro atoms. The second-order valence-corrected chi connectivity index (χ2v) is 6.74. The van der Waals surface area contributed by atoms with Gasteiger partial charge in [-0.3, -0.25) is 4.79 Å². The summed E-state index contributed by atoms with van der Waals surface area (Å²) < 4.78 is 19.9. The van der Waals surface area contributed by atoms with Crippen molar-refractivity contribution in [1.82, 2.24) is 0 Å². The van der Waals surface area contributed by atoms with Gasteiger partial charge in [0.05, 0.1) is 23.9 Å². The molecule has 1 amide bonds. The molecule has 2 aromatic carbocycles. The molecule has 3 N–H and O–H groups in total. The second-order valence-electron chi connectivity index (χ2n) is 6.74. The van der Waals surface area contributed by atoms with Crippen molar-refractivity contribution in [2.75, 3.05) is 23.8 Å². The van der Waals surface area contributed by atoms with E-state index in [1.807, 2.05) is 0 Å². The van der Waals surface area contributed by atoms with E-state index in [1.54, 1.807) is 24.3 Å². The quantitative estimate of drug-likeness (QED) is 0.731. The van der Waals surface area contributed by atoms with Crippen LogP contribution in [0, 0.1) is 23.6 Å².